The summed E-state index contributed by atoms with van der Waals surface area (Å²) in [5.74, 6) is -0.345. The first-order valence-electron chi connectivity index (χ1n) is 8.70. The lowest BCUT2D eigenvalue weighted by Crippen LogP contribution is -2.44. The van der Waals surface area contributed by atoms with Gasteiger partial charge in [0.1, 0.15) is 6.54 Å². The normalized spacial score (nSPS) is 17.7. The number of carbonyl (C=O) groups is 2. The number of piperidine rings is 1. The van der Waals surface area contributed by atoms with Gasteiger partial charge in [-0.2, -0.15) is 0 Å². The van der Waals surface area contributed by atoms with Crippen LogP contribution in [0.4, 0.5) is 0 Å². The lowest BCUT2D eigenvalue weighted by Gasteiger charge is -2.31. The number of aromatic nitrogens is 1. The number of ether oxygens (including phenoxy) is 1. The maximum absolute atomic E-state index is 12.8. The monoisotopic (exact) mass is 406 g/mol. The molecule has 2 heterocycles. The predicted molar refractivity (Wildman–Crippen MR) is 100 cm³/mol. The number of hydrogen-bond acceptors (Lipinski definition) is 3. The first-order chi connectivity index (χ1) is 12.0. The van der Waals surface area contributed by atoms with E-state index >= 15 is 0 Å². The Hall–Kier alpha value is -1.82. The fourth-order valence-electron chi connectivity index (χ4n) is 3.48. The summed E-state index contributed by atoms with van der Waals surface area (Å²) in [4.78, 5) is 26.6. The molecule has 1 amide bonds. The summed E-state index contributed by atoms with van der Waals surface area (Å²) in [7, 11) is 0. The van der Waals surface area contributed by atoms with Crippen LogP contribution < -0.4 is 0 Å². The topological polar surface area (TPSA) is 51.5 Å². The van der Waals surface area contributed by atoms with Crippen molar-refractivity contribution in [1.29, 1.82) is 0 Å². The fraction of sp³-hybridized carbons (Fsp3) is 0.474. The van der Waals surface area contributed by atoms with Crippen molar-refractivity contribution in [3.8, 4) is 0 Å². The maximum atomic E-state index is 12.8. The molecule has 1 aliphatic rings. The number of esters is 1. The van der Waals surface area contributed by atoms with E-state index in [0.717, 1.165) is 33.9 Å². The molecular formula is C19H23BrN2O3. The number of fused-ring (bicyclic) bond motifs is 1. The minimum atomic E-state index is -0.202. The van der Waals surface area contributed by atoms with E-state index in [-0.39, 0.29) is 24.3 Å². The largest absolute Gasteiger partial charge is 0.466 e. The first kappa shape index (κ1) is 18.0. The van der Waals surface area contributed by atoms with Gasteiger partial charge in [0.25, 0.3) is 0 Å². The second-order valence-electron chi connectivity index (χ2n) is 6.43. The third-order valence-corrected chi connectivity index (χ3v) is 5.84. The van der Waals surface area contributed by atoms with Gasteiger partial charge in [0.05, 0.1) is 12.5 Å². The molecule has 6 heteroatoms. The van der Waals surface area contributed by atoms with Crippen molar-refractivity contribution in [2.24, 2.45) is 5.92 Å². The lowest BCUT2D eigenvalue weighted by atomic mass is 9.98. The molecular weight excluding hydrogens is 384 g/mol. The fourth-order valence-corrected chi connectivity index (χ4v) is 4.03. The molecule has 134 valence electrons. The Morgan fingerprint density at radius 1 is 1.32 bits per heavy atom. The molecule has 1 fully saturated rings. The van der Waals surface area contributed by atoms with Gasteiger partial charge in [0, 0.05) is 34.2 Å². The maximum Gasteiger partial charge on any atom is 0.310 e. The molecule has 0 unspecified atom stereocenters. The van der Waals surface area contributed by atoms with Gasteiger partial charge in [0.2, 0.25) is 5.91 Å². The van der Waals surface area contributed by atoms with Crippen molar-refractivity contribution in [3.05, 3.63) is 34.4 Å². The molecule has 1 aliphatic heterocycles. The van der Waals surface area contributed by atoms with Crippen LogP contribution >= 0.6 is 15.9 Å². The van der Waals surface area contributed by atoms with Gasteiger partial charge in [-0.25, -0.2) is 0 Å². The Morgan fingerprint density at radius 2 is 2.08 bits per heavy atom. The van der Waals surface area contributed by atoms with E-state index in [1.54, 1.807) is 11.8 Å². The van der Waals surface area contributed by atoms with Crippen molar-refractivity contribution < 1.29 is 14.3 Å². The quantitative estimate of drug-likeness (QED) is 0.729. The summed E-state index contributed by atoms with van der Waals surface area (Å²) < 4.78 is 8.18. The summed E-state index contributed by atoms with van der Waals surface area (Å²) in [6, 6.07) is 8.04. The first-order valence-corrected chi connectivity index (χ1v) is 9.50. The average Bonchev–Trinajstić information content (AvgIpc) is 2.87. The number of hydrogen-bond donors (Lipinski definition) is 0. The zero-order valence-corrected chi connectivity index (χ0v) is 16.2. The van der Waals surface area contributed by atoms with Crippen LogP contribution in [0.2, 0.25) is 0 Å². The van der Waals surface area contributed by atoms with Crippen LogP contribution in [0.3, 0.4) is 0 Å². The van der Waals surface area contributed by atoms with Gasteiger partial charge in [-0.15, -0.1) is 0 Å². The van der Waals surface area contributed by atoms with Crippen LogP contribution in [0.15, 0.2) is 28.7 Å². The molecule has 0 bridgehead atoms. The van der Waals surface area contributed by atoms with Gasteiger partial charge < -0.3 is 14.2 Å². The standard InChI is InChI=1S/C19H23BrN2O3/c1-3-25-19(24)14-7-6-10-21(11-14)17(23)12-22-13(2)18(20)15-8-4-5-9-16(15)22/h4-5,8-9,14H,3,6-7,10-12H2,1-2H3/t14-/m0/s1. The number of halogens is 1. The van der Waals surface area contributed by atoms with Crippen LogP contribution in [-0.2, 0) is 20.9 Å². The Kier molecular flexibility index (Phi) is 5.47. The van der Waals surface area contributed by atoms with Gasteiger partial charge in [0.15, 0.2) is 0 Å². The highest BCUT2D eigenvalue weighted by atomic mass is 79.9. The van der Waals surface area contributed by atoms with Crippen LogP contribution in [0, 0.1) is 12.8 Å². The number of benzene rings is 1. The van der Waals surface area contributed by atoms with Gasteiger partial charge in [-0.3, -0.25) is 9.59 Å². The summed E-state index contributed by atoms with van der Waals surface area (Å²) in [6.45, 7) is 5.64. The highest BCUT2D eigenvalue weighted by molar-refractivity contribution is 9.10. The molecule has 1 aromatic carbocycles. The Balaban J connectivity index is 1.76. The zero-order chi connectivity index (χ0) is 18.0. The number of rotatable bonds is 4. The van der Waals surface area contributed by atoms with E-state index in [2.05, 4.69) is 15.9 Å². The zero-order valence-electron chi connectivity index (χ0n) is 14.6. The second kappa shape index (κ2) is 7.60. The van der Waals surface area contributed by atoms with Crippen molar-refractivity contribution in [2.75, 3.05) is 19.7 Å². The van der Waals surface area contributed by atoms with Gasteiger partial charge >= 0.3 is 5.97 Å². The SMILES string of the molecule is CCOC(=O)[C@H]1CCCN(C(=O)Cn2c(C)c(Br)c3ccccc32)C1. The molecule has 0 aliphatic carbocycles. The van der Waals surface area contributed by atoms with E-state index in [9.17, 15) is 9.59 Å². The van der Waals surface area contributed by atoms with Crippen LogP contribution in [-0.4, -0.2) is 41.0 Å². The van der Waals surface area contributed by atoms with E-state index in [4.69, 9.17) is 4.74 Å². The minimum Gasteiger partial charge on any atom is -0.466 e. The van der Waals surface area contributed by atoms with Crippen LogP contribution in [0.5, 0.6) is 0 Å². The number of amides is 1. The third kappa shape index (κ3) is 3.59. The average molecular weight is 407 g/mol. The van der Waals surface area contributed by atoms with Gasteiger partial charge in [-0.05, 0) is 48.7 Å². The highest BCUT2D eigenvalue weighted by Crippen LogP contribution is 2.30. The Morgan fingerprint density at radius 3 is 2.84 bits per heavy atom. The number of likely N-dealkylation sites (tertiary alicyclic amines) is 1. The van der Waals surface area contributed by atoms with Crippen molar-refractivity contribution in [3.63, 3.8) is 0 Å². The van der Waals surface area contributed by atoms with Crippen LogP contribution in [0.25, 0.3) is 10.9 Å². The molecule has 5 nitrogen and oxygen atoms in total. The molecule has 1 aromatic heterocycles. The molecule has 0 N–H and O–H groups in total. The van der Waals surface area contributed by atoms with E-state index in [1.807, 2.05) is 35.8 Å². The summed E-state index contributed by atoms with van der Waals surface area (Å²) in [6.07, 6.45) is 1.63. The molecule has 0 saturated carbocycles. The third-order valence-electron chi connectivity index (χ3n) is 4.84. The highest BCUT2D eigenvalue weighted by Gasteiger charge is 2.29. The minimum absolute atomic E-state index is 0.0466. The predicted octanol–water partition coefficient (Wildman–Crippen LogP) is 3.51. The summed E-state index contributed by atoms with van der Waals surface area (Å²) in [5.41, 5.74) is 2.08. The Bertz CT molecular complexity index is 799. The molecule has 1 atom stereocenters. The molecule has 1 saturated heterocycles. The molecule has 3 rings (SSSR count). The second-order valence-corrected chi connectivity index (χ2v) is 7.23. The van der Waals surface area contributed by atoms with Crippen LogP contribution in [0.1, 0.15) is 25.5 Å². The molecule has 0 radical (unpaired) electrons. The summed E-state index contributed by atoms with van der Waals surface area (Å²) in [5, 5.41) is 1.11. The molecule has 0 spiro atoms. The van der Waals surface area contributed by atoms with Crippen molar-refractivity contribution >= 4 is 38.7 Å². The smallest absolute Gasteiger partial charge is 0.310 e. The molecule has 2 aromatic rings. The van der Waals surface area contributed by atoms with E-state index in [0.29, 0.717) is 19.7 Å². The number of para-hydroxylation sites is 1. The Labute approximate surface area is 156 Å². The van der Waals surface area contributed by atoms with E-state index in [1.165, 1.54) is 0 Å². The van der Waals surface area contributed by atoms with E-state index < -0.39 is 0 Å². The number of carbonyl (C=O) groups excluding carboxylic acids is 2. The lowest BCUT2D eigenvalue weighted by molar-refractivity contribution is -0.151. The van der Waals surface area contributed by atoms with Crippen molar-refractivity contribution in [1.82, 2.24) is 9.47 Å². The van der Waals surface area contributed by atoms with Crippen molar-refractivity contribution in [2.45, 2.75) is 33.2 Å². The van der Waals surface area contributed by atoms with Gasteiger partial charge in [-0.1, -0.05) is 18.2 Å². The number of nitrogens with zero attached hydrogens (tertiary/aromatic N) is 2. The summed E-state index contributed by atoms with van der Waals surface area (Å²) >= 11 is 3.63. The molecule has 25 heavy (non-hydrogen) atoms.